The van der Waals surface area contributed by atoms with Gasteiger partial charge in [-0.25, -0.2) is 0 Å². The number of alkyl halides is 2. The fraction of sp³-hybridized carbons (Fsp3) is 0.273. The topological polar surface area (TPSA) is 50.7 Å². The number of hydrogen-bond acceptors (Lipinski definition) is 4. The van der Waals surface area contributed by atoms with Gasteiger partial charge in [0, 0.05) is 34.5 Å². The minimum atomic E-state index is -2.86. The number of nitrogens with zero attached hydrogens (tertiary/aromatic N) is 1. The first-order valence-electron chi connectivity index (χ1n) is 13.3. The molecule has 1 aliphatic carbocycles. The Bertz CT molecular complexity index is 1360. The number of nitrogens with one attached hydrogen (secondary N) is 1. The lowest BCUT2D eigenvalue weighted by atomic mass is 9.91. The van der Waals surface area contributed by atoms with Crippen molar-refractivity contribution in [3.63, 3.8) is 0 Å². The van der Waals surface area contributed by atoms with Gasteiger partial charge < -0.3 is 10.1 Å². The number of rotatable bonds is 12. The van der Waals surface area contributed by atoms with Gasteiger partial charge in [0.2, 0.25) is 0 Å². The molecule has 0 saturated carbocycles. The number of Topliss-reactive ketones (excluding diaryl/α,β-unsaturated/α-hetero) is 1. The van der Waals surface area contributed by atoms with Crippen LogP contribution in [-0.4, -0.2) is 18.1 Å². The first-order chi connectivity index (χ1) is 18.9. The number of hydrogen-bond donors (Lipinski definition) is 1. The number of halogens is 2. The summed E-state index contributed by atoms with van der Waals surface area (Å²) in [6.45, 7) is 4.87. The number of ether oxygens (including phenoxy) is 1. The molecular formula is C33H34F2N2O2. The molecule has 1 atom stereocenters. The molecule has 1 N–H and O–H groups in total. The highest BCUT2D eigenvalue weighted by molar-refractivity contribution is 6.25. The Hall–Kier alpha value is -4.06. The minimum Gasteiger partial charge on any atom is -0.435 e. The Kier molecular flexibility index (Phi) is 9.42. The van der Waals surface area contributed by atoms with Crippen LogP contribution in [0.3, 0.4) is 0 Å². The average molecular weight is 529 g/mol. The molecule has 1 aliphatic heterocycles. The molecule has 1 heterocycles. The number of aryl methyl sites for hydroxylation is 1. The summed E-state index contributed by atoms with van der Waals surface area (Å²) in [5, 5.41) is 3.51. The fourth-order valence-electron chi connectivity index (χ4n) is 4.77. The predicted molar refractivity (Wildman–Crippen MR) is 155 cm³/mol. The Balaban J connectivity index is 1.47. The molecule has 2 aromatic carbocycles. The first kappa shape index (κ1) is 28.0. The third-order valence-corrected chi connectivity index (χ3v) is 6.88. The van der Waals surface area contributed by atoms with Crippen LogP contribution in [0.25, 0.3) is 5.57 Å². The SMILES string of the molecule is C=CCCCCC(C)C(=O)c1ccc(N/C2=C\C/C=C\C=C3\C(c4ccc(OC(F)F)cc4)=CN=C23)cc1C. The summed E-state index contributed by atoms with van der Waals surface area (Å²) >= 11 is 0. The molecule has 6 heteroatoms. The zero-order chi connectivity index (χ0) is 27.8. The molecule has 2 aromatic rings. The van der Waals surface area contributed by atoms with E-state index < -0.39 is 6.61 Å². The monoisotopic (exact) mass is 528 g/mol. The number of unbranched alkanes of at least 4 members (excludes halogenated alkanes) is 2. The van der Waals surface area contributed by atoms with Crippen LogP contribution in [-0.2, 0) is 0 Å². The van der Waals surface area contributed by atoms with Crippen molar-refractivity contribution >= 4 is 22.8 Å². The number of aliphatic imine (C=N–C) groups is 1. The molecule has 0 saturated heterocycles. The van der Waals surface area contributed by atoms with Crippen LogP contribution in [0.15, 0.2) is 102 Å². The van der Waals surface area contributed by atoms with E-state index in [0.29, 0.717) is 0 Å². The number of allylic oxidation sites excluding steroid dienone is 7. The lowest BCUT2D eigenvalue weighted by Gasteiger charge is -2.17. The average Bonchev–Trinajstić information content (AvgIpc) is 3.31. The summed E-state index contributed by atoms with van der Waals surface area (Å²) < 4.78 is 29.6. The number of ketones is 1. The predicted octanol–water partition coefficient (Wildman–Crippen LogP) is 8.84. The molecule has 4 rings (SSSR count). The Morgan fingerprint density at radius 1 is 1.15 bits per heavy atom. The van der Waals surface area contributed by atoms with Crippen molar-refractivity contribution in [2.24, 2.45) is 10.9 Å². The standard InChI is InChI=1S/C33H34F2N2O2/c1-4-5-6-8-11-22(2)32(38)27-19-16-25(20-23(27)3)37-30-13-10-7-9-12-28-29(21-36-31(28)30)24-14-17-26(18-15-24)39-33(34)35/h4,7,9,12-22,33,37H,1,5-6,8,10-11H2,2-3H3/b9-7-,28-12-,30-13-. The number of benzene rings is 2. The second-order valence-corrected chi connectivity index (χ2v) is 9.78. The molecule has 0 aromatic heterocycles. The molecule has 202 valence electrons. The second kappa shape index (κ2) is 13.1. The Morgan fingerprint density at radius 2 is 1.95 bits per heavy atom. The van der Waals surface area contributed by atoms with Gasteiger partial charge >= 0.3 is 6.61 Å². The fourth-order valence-corrected chi connectivity index (χ4v) is 4.77. The van der Waals surface area contributed by atoms with Crippen molar-refractivity contribution in [2.45, 2.75) is 52.6 Å². The summed E-state index contributed by atoms with van der Waals surface area (Å²) in [5.41, 5.74) is 6.91. The van der Waals surface area contributed by atoms with Crippen LogP contribution in [0.4, 0.5) is 14.5 Å². The van der Waals surface area contributed by atoms with Gasteiger partial charge in [-0.05, 0) is 74.1 Å². The van der Waals surface area contributed by atoms with Crippen molar-refractivity contribution in [2.75, 3.05) is 5.32 Å². The highest BCUT2D eigenvalue weighted by Gasteiger charge is 2.23. The Morgan fingerprint density at radius 3 is 2.67 bits per heavy atom. The molecule has 1 unspecified atom stereocenters. The number of carbonyl (C=O) groups is 1. The third-order valence-electron chi connectivity index (χ3n) is 6.88. The minimum absolute atomic E-state index is 0.0199. The van der Waals surface area contributed by atoms with Gasteiger partial charge in [-0.2, -0.15) is 8.78 Å². The number of anilines is 1. The first-order valence-corrected chi connectivity index (χ1v) is 13.3. The Labute approximate surface area is 229 Å². The molecule has 0 amide bonds. The summed E-state index contributed by atoms with van der Waals surface area (Å²) in [5.74, 6) is 0.271. The van der Waals surface area contributed by atoms with Gasteiger partial charge in [-0.1, -0.05) is 55.9 Å². The van der Waals surface area contributed by atoms with E-state index in [4.69, 9.17) is 4.99 Å². The molecule has 4 nitrogen and oxygen atoms in total. The van der Waals surface area contributed by atoms with Crippen LogP contribution in [0.2, 0.25) is 0 Å². The molecule has 0 radical (unpaired) electrons. The maximum atomic E-state index is 13.1. The molecule has 0 spiro atoms. The van der Waals surface area contributed by atoms with Crippen LogP contribution >= 0.6 is 0 Å². The highest BCUT2D eigenvalue weighted by atomic mass is 19.3. The van der Waals surface area contributed by atoms with Gasteiger partial charge in [0.15, 0.2) is 5.78 Å². The quantitative estimate of drug-likeness (QED) is 0.170. The normalized spacial score (nSPS) is 18.8. The van der Waals surface area contributed by atoms with E-state index in [1.54, 1.807) is 18.3 Å². The van der Waals surface area contributed by atoms with E-state index in [1.807, 2.05) is 50.3 Å². The summed E-state index contributed by atoms with van der Waals surface area (Å²) in [6.07, 6.45) is 16.5. The van der Waals surface area contributed by atoms with Gasteiger partial charge in [0.1, 0.15) is 5.75 Å². The molecule has 39 heavy (non-hydrogen) atoms. The smallest absolute Gasteiger partial charge is 0.387 e. The lowest BCUT2D eigenvalue weighted by Crippen LogP contribution is -2.15. The third kappa shape index (κ3) is 7.08. The van der Waals surface area contributed by atoms with Crippen molar-refractivity contribution in [3.05, 3.63) is 114 Å². The van der Waals surface area contributed by atoms with E-state index in [2.05, 4.69) is 28.8 Å². The molecular weight excluding hydrogens is 494 g/mol. The zero-order valence-electron chi connectivity index (χ0n) is 22.4. The van der Waals surface area contributed by atoms with Crippen molar-refractivity contribution in [3.8, 4) is 5.75 Å². The van der Waals surface area contributed by atoms with E-state index in [0.717, 1.165) is 77.0 Å². The van der Waals surface area contributed by atoms with E-state index in [1.165, 1.54) is 12.1 Å². The van der Waals surface area contributed by atoms with E-state index >= 15 is 0 Å². The van der Waals surface area contributed by atoms with Crippen LogP contribution < -0.4 is 10.1 Å². The zero-order valence-corrected chi connectivity index (χ0v) is 22.4. The van der Waals surface area contributed by atoms with Crippen molar-refractivity contribution < 1.29 is 18.3 Å². The lowest BCUT2D eigenvalue weighted by molar-refractivity contribution is -0.0498. The summed E-state index contributed by atoms with van der Waals surface area (Å²) in [4.78, 5) is 17.8. The maximum absolute atomic E-state index is 13.1. The van der Waals surface area contributed by atoms with E-state index in [9.17, 15) is 13.6 Å². The molecule has 0 fully saturated rings. The summed E-state index contributed by atoms with van der Waals surface area (Å²) in [6, 6.07) is 12.4. The van der Waals surface area contributed by atoms with Crippen molar-refractivity contribution in [1.82, 2.24) is 0 Å². The molecule has 2 aliphatic rings. The number of carbonyl (C=O) groups excluding carboxylic acids is 1. The van der Waals surface area contributed by atoms with Crippen LogP contribution in [0.1, 0.15) is 60.5 Å². The summed E-state index contributed by atoms with van der Waals surface area (Å²) in [7, 11) is 0. The van der Waals surface area contributed by atoms with E-state index in [-0.39, 0.29) is 17.5 Å². The van der Waals surface area contributed by atoms with Gasteiger partial charge in [-0.15, -0.1) is 6.58 Å². The van der Waals surface area contributed by atoms with Crippen molar-refractivity contribution in [1.29, 1.82) is 0 Å². The van der Waals surface area contributed by atoms with Gasteiger partial charge in [-0.3, -0.25) is 9.79 Å². The highest BCUT2D eigenvalue weighted by Crippen LogP contribution is 2.34. The van der Waals surface area contributed by atoms with Gasteiger partial charge in [0.05, 0.1) is 11.4 Å². The van der Waals surface area contributed by atoms with Crippen LogP contribution in [0.5, 0.6) is 5.75 Å². The number of fused-ring (bicyclic) bond motifs is 1. The largest absolute Gasteiger partial charge is 0.435 e. The maximum Gasteiger partial charge on any atom is 0.387 e. The second-order valence-electron chi connectivity index (χ2n) is 9.78. The molecule has 0 bridgehead atoms. The van der Waals surface area contributed by atoms with Gasteiger partial charge in [0.25, 0.3) is 0 Å². The van der Waals surface area contributed by atoms with Crippen LogP contribution in [0, 0.1) is 12.8 Å².